The monoisotopic (exact) mass is 328 g/mol. The van der Waals surface area contributed by atoms with Gasteiger partial charge in [0.1, 0.15) is 5.75 Å². The minimum absolute atomic E-state index is 0.0586. The molecular weight excluding hydrogens is 311 g/mol. The Hall–Kier alpha value is -2.45. The Labute approximate surface area is 139 Å². The van der Waals surface area contributed by atoms with Crippen molar-refractivity contribution in [2.45, 2.75) is 26.4 Å². The summed E-state index contributed by atoms with van der Waals surface area (Å²) >= 11 is 0. The van der Waals surface area contributed by atoms with Crippen molar-refractivity contribution >= 4 is 18.6 Å². The molecule has 0 spiro atoms. The largest absolute Gasteiger partial charge is 0.492 e. The molecule has 0 saturated heterocycles. The topological polar surface area (TPSA) is 90.8 Å². The number of fused-ring (bicyclic) bond motifs is 1. The zero-order valence-corrected chi connectivity index (χ0v) is 13.4. The molecule has 0 radical (unpaired) electrons. The lowest BCUT2D eigenvalue weighted by atomic mass is 9.77. The summed E-state index contributed by atoms with van der Waals surface area (Å²) in [6.45, 7) is 3.93. The standard InChI is InChI=1S/C16H17BN2O5/c1-3-22-15(20)8-13-16-10(2)6-11(7-12(16)17(21)24-13)23-14-9-18-4-5-19-14/h4-7,9,13,21H,3,8H2,1-2H3. The maximum absolute atomic E-state index is 11.7. The van der Waals surface area contributed by atoms with Crippen molar-refractivity contribution in [3.8, 4) is 11.6 Å². The van der Waals surface area contributed by atoms with Gasteiger partial charge in [0.2, 0.25) is 5.88 Å². The molecule has 0 bridgehead atoms. The Bertz CT molecular complexity index is 741. The van der Waals surface area contributed by atoms with Crippen molar-refractivity contribution in [1.29, 1.82) is 0 Å². The van der Waals surface area contributed by atoms with E-state index >= 15 is 0 Å². The van der Waals surface area contributed by atoms with Crippen LogP contribution in [0.4, 0.5) is 0 Å². The minimum atomic E-state index is -1.11. The summed E-state index contributed by atoms with van der Waals surface area (Å²) in [5.41, 5.74) is 2.24. The van der Waals surface area contributed by atoms with Gasteiger partial charge in [0.25, 0.3) is 0 Å². The number of carbonyl (C=O) groups is 1. The van der Waals surface area contributed by atoms with Gasteiger partial charge in [-0.3, -0.25) is 9.78 Å². The molecule has 1 aliphatic rings. The maximum atomic E-state index is 11.7. The normalized spacial score (nSPS) is 16.0. The lowest BCUT2D eigenvalue weighted by Crippen LogP contribution is -2.28. The third-order valence-electron chi connectivity index (χ3n) is 3.69. The van der Waals surface area contributed by atoms with Crippen LogP contribution in [-0.4, -0.2) is 34.7 Å². The first-order chi connectivity index (χ1) is 11.6. The molecule has 2 aromatic rings. The lowest BCUT2D eigenvalue weighted by molar-refractivity contribution is -0.145. The molecule has 1 aromatic carbocycles. The number of esters is 1. The minimum Gasteiger partial charge on any atom is -0.466 e. The molecule has 0 fully saturated rings. The van der Waals surface area contributed by atoms with E-state index in [0.717, 1.165) is 11.1 Å². The van der Waals surface area contributed by atoms with Crippen LogP contribution in [0, 0.1) is 6.92 Å². The number of nitrogens with zero attached hydrogens (tertiary/aromatic N) is 2. The van der Waals surface area contributed by atoms with E-state index in [2.05, 4.69) is 9.97 Å². The second-order valence-electron chi connectivity index (χ2n) is 5.38. The Morgan fingerprint density at radius 1 is 1.42 bits per heavy atom. The predicted octanol–water partition coefficient (Wildman–Crippen LogP) is 1.29. The predicted molar refractivity (Wildman–Crippen MR) is 86.0 cm³/mol. The SMILES string of the molecule is CCOC(=O)CC1OB(O)c2cc(Oc3cnccn3)cc(C)c21. The molecule has 8 heteroatoms. The smallest absolute Gasteiger partial charge is 0.466 e. The van der Waals surface area contributed by atoms with Crippen molar-refractivity contribution in [1.82, 2.24) is 9.97 Å². The fraction of sp³-hybridized carbons (Fsp3) is 0.312. The molecule has 7 nitrogen and oxygen atoms in total. The highest BCUT2D eigenvalue weighted by atomic mass is 16.5. The Balaban J connectivity index is 1.85. The molecule has 1 atom stereocenters. The quantitative estimate of drug-likeness (QED) is 0.653. The van der Waals surface area contributed by atoms with Gasteiger partial charge in [-0.05, 0) is 42.6 Å². The van der Waals surface area contributed by atoms with Crippen molar-refractivity contribution in [3.05, 3.63) is 41.9 Å². The van der Waals surface area contributed by atoms with Crippen LogP contribution in [0.2, 0.25) is 0 Å². The molecule has 0 aliphatic carbocycles. The third-order valence-corrected chi connectivity index (χ3v) is 3.69. The average Bonchev–Trinajstić information content (AvgIpc) is 2.85. The molecule has 1 aromatic heterocycles. The summed E-state index contributed by atoms with van der Waals surface area (Å²) in [5, 5.41) is 10.2. The van der Waals surface area contributed by atoms with E-state index < -0.39 is 13.2 Å². The number of carbonyl (C=O) groups excluding carboxylic acids is 1. The van der Waals surface area contributed by atoms with Gasteiger partial charge in [-0.25, -0.2) is 4.98 Å². The molecule has 1 aliphatic heterocycles. The Kier molecular flexibility index (Phi) is 4.77. The molecular formula is C16H17BN2O5. The first kappa shape index (κ1) is 16.4. The molecule has 0 saturated carbocycles. The van der Waals surface area contributed by atoms with Gasteiger partial charge in [0.15, 0.2) is 0 Å². The number of rotatable bonds is 5. The van der Waals surface area contributed by atoms with Crippen LogP contribution in [-0.2, 0) is 14.2 Å². The number of ether oxygens (including phenoxy) is 2. The summed E-state index contributed by atoms with van der Waals surface area (Å²) in [6.07, 6.45) is 4.11. The third kappa shape index (κ3) is 3.39. The Morgan fingerprint density at radius 3 is 2.96 bits per heavy atom. The van der Waals surface area contributed by atoms with E-state index in [4.69, 9.17) is 14.1 Å². The van der Waals surface area contributed by atoms with Crippen LogP contribution in [0.5, 0.6) is 11.6 Å². The van der Waals surface area contributed by atoms with Gasteiger partial charge in [-0.2, -0.15) is 0 Å². The molecule has 24 heavy (non-hydrogen) atoms. The molecule has 3 rings (SSSR count). The van der Waals surface area contributed by atoms with Crippen LogP contribution < -0.4 is 10.2 Å². The Morgan fingerprint density at radius 2 is 2.25 bits per heavy atom. The van der Waals surface area contributed by atoms with Gasteiger partial charge in [-0.15, -0.1) is 0 Å². The van der Waals surface area contributed by atoms with Crippen molar-refractivity contribution in [3.63, 3.8) is 0 Å². The molecule has 1 unspecified atom stereocenters. The highest BCUT2D eigenvalue weighted by Crippen LogP contribution is 2.32. The van der Waals surface area contributed by atoms with Crippen molar-refractivity contribution < 1.29 is 23.9 Å². The summed E-state index contributed by atoms with van der Waals surface area (Å²) in [5.74, 6) is 0.515. The van der Waals surface area contributed by atoms with E-state index in [1.165, 1.54) is 12.4 Å². The van der Waals surface area contributed by atoms with E-state index in [-0.39, 0.29) is 12.4 Å². The van der Waals surface area contributed by atoms with Crippen molar-refractivity contribution in [2.75, 3.05) is 6.61 Å². The molecule has 2 heterocycles. The molecule has 0 amide bonds. The molecule has 1 N–H and O–H groups in total. The summed E-state index contributed by atoms with van der Waals surface area (Å²) in [6, 6.07) is 3.50. The van der Waals surface area contributed by atoms with Gasteiger partial charge in [-0.1, -0.05) is 0 Å². The first-order valence-electron chi connectivity index (χ1n) is 7.66. The van der Waals surface area contributed by atoms with Gasteiger partial charge >= 0.3 is 13.1 Å². The molecule has 124 valence electrons. The highest BCUT2D eigenvalue weighted by molar-refractivity contribution is 6.62. The summed E-state index contributed by atoms with van der Waals surface area (Å²) in [4.78, 5) is 19.7. The number of benzene rings is 1. The second-order valence-corrected chi connectivity index (χ2v) is 5.38. The van der Waals surface area contributed by atoms with E-state index in [1.807, 2.05) is 13.0 Å². The van der Waals surface area contributed by atoms with Gasteiger partial charge < -0.3 is 19.2 Å². The van der Waals surface area contributed by atoms with Gasteiger partial charge in [0.05, 0.1) is 25.3 Å². The fourth-order valence-electron chi connectivity index (χ4n) is 2.77. The second kappa shape index (κ2) is 6.98. The maximum Gasteiger partial charge on any atom is 0.492 e. The number of aryl methyl sites for hydroxylation is 1. The van der Waals surface area contributed by atoms with Crippen LogP contribution >= 0.6 is 0 Å². The zero-order chi connectivity index (χ0) is 17.1. The van der Waals surface area contributed by atoms with E-state index in [0.29, 0.717) is 23.7 Å². The van der Waals surface area contributed by atoms with E-state index in [1.54, 1.807) is 19.2 Å². The number of hydrogen-bond acceptors (Lipinski definition) is 7. The zero-order valence-electron chi connectivity index (χ0n) is 13.4. The van der Waals surface area contributed by atoms with E-state index in [9.17, 15) is 9.82 Å². The van der Waals surface area contributed by atoms with Crippen LogP contribution in [0.25, 0.3) is 0 Å². The van der Waals surface area contributed by atoms with Gasteiger partial charge in [0, 0.05) is 12.4 Å². The first-order valence-corrected chi connectivity index (χ1v) is 7.66. The number of hydrogen-bond donors (Lipinski definition) is 1. The summed E-state index contributed by atoms with van der Waals surface area (Å²) < 4.78 is 16.1. The fourth-order valence-corrected chi connectivity index (χ4v) is 2.77. The number of aromatic nitrogens is 2. The van der Waals surface area contributed by atoms with Crippen LogP contribution in [0.1, 0.15) is 30.6 Å². The van der Waals surface area contributed by atoms with Crippen LogP contribution in [0.15, 0.2) is 30.7 Å². The van der Waals surface area contributed by atoms with Crippen LogP contribution in [0.3, 0.4) is 0 Å². The summed E-state index contributed by atoms with van der Waals surface area (Å²) in [7, 11) is -1.11. The van der Waals surface area contributed by atoms with Crippen molar-refractivity contribution in [2.24, 2.45) is 0 Å². The highest BCUT2D eigenvalue weighted by Gasteiger charge is 2.38. The lowest BCUT2D eigenvalue weighted by Gasteiger charge is -2.14. The average molecular weight is 328 g/mol.